The van der Waals surface area contributed by atoms with Gasteiger partial charge in [0.2, 0.25) is 11.5 Å². The van der Waals surface area contributed by atoms with Crippen LogP contribution in [0.25, 0.3) is 10.9 Å². The first kappa shape index (κ1) is 22.6. The number of carboxylic acid groups (broad SMARTS) is 1. The Morgan fingerprint density at radius 1 is 1.15 bits per heavy atom. The molecule has 0 atom stereocenters. The van der Waals surface area contributed by atoms with Crippen LogP contribution in [0.4, 0.5) is 0 Å². The molecule has 2 aromatic heterocycles. The molecule has 4 rings (SSSR count). The number of oxazole rings is 1. The number of hydrogen-bond donors (Lipinski definition) is 1. The summed E-state index contributed by atoms with van der Waals surface area (Å²) in [6, 6.07) is 9.67. The van der Waals surface area contributed by atoms with Crippen LogP contribution in [0.5, 0.6) is 5.75 Å². The molecule has 0 aliphatic carbocycles. The van der Waals surface area contributed by atoms with Gasteiger partial charge in [-0.05, 0) is 48.9 Å². The van der Waals surface area contributed by atoms with Crippen molar-refractivity contribution in [3.63, 3.8) is 0 Å². The third-order valence-electron chi connectivity index (χ3n) is 5.19. The number of hydrogen-bond acceptors (Lipinski definition) is 6. The molecule has 1 N–H and O–H groups in total. The summed E-state index contributed by atoms with van der Waals surface area (Å²) >= 11 is 12.3. The summed E-state index contributed by atoms with van der Waals surface area (Å²) in [5.74, 6) is -2.61. The van der Waals surface area contributed by atoms with Gasteiger partial charge in [-0.2, -0.15) is 0 Å². The number of aromatic carboxylic acids is 1. The highest BCUT2D eigenvalue weighted by molar-refractivity contribution is 6.33. The maximum Gasteiger partial charge on any atom is 0.373 e. The van der Waals surface area contributed by atoms with Gasteiger partial charge in [0.25, 0.3) is 11.8 Å². The summed E-state index contributed by atoms with van der Waals surface area (Å²) in [4.78, 5) is 41.0. The first-order chi connectivity index (χ1) is 15.7. The van der Waals surface area contributed by atoms with Gasteiger partial charge in [-0.15, -0.1) is 0 Å². The van der Waals surface area contributed by atoms with E-state index in [2.05, 4.69) is 4.98 Å². The number of carbonyl (C=O) groups excluding carboxylic acids is 2. The van der Waals surface area contributed by atoms with Crippen LogP contribution in [-0.2, 0) is 6.42 Å². The molecule has 2 aromatic carbocycles. The minimum atomic E-state index is -1.33. The molecule has 0 bridgehead atoms. The molecule has 4 aromatic rings. The van der Waals surface area contributed by atoms with Crippen LogP contribution in [0.2, 0.25) is 10.0 Å². The highest BCUT2D eigenvalue weighted by Crippen LogP contribution is 2.36. The molecule has 0 aliphatic rings. The van der Waals surface area contributed by atoms with Crippen LogP contribution >= 0.6 is 23.2 Å². The fourth-order valence-electron chi connectivity index (χ4n) is 3.58. The molecule has 0 radical (unpaired) electrons. The molecule has 0 unspecified atom stereocenters. The summed E-state index contributed by atoms with van der Waals surface area (Å²) in [5, 5.41) is 10.4. The van der Waals surface area contributed by atoms with Crippen molar-refractivity contribution in [2.75, 3.05) is 7.11 Å². The number of benzene rings is 2. The van der Waals surface area contributed by atoms with E-state index < -0.39 is 17.5 Å². The van der Waals surface area contributed by atoms with Gasteiger partial charge in [0.15, 0.2) is 0 Å². The van der Waals surface area contributed by atoms with E-state index in [1.807, 2.05) is 0 Å². The molecule has 2 heterocycles. The maximum atomic E-state index is 13.4. The minimum Gasteiger partial charge on any atom is -0.495 e. The molecular weight excluding hydrogens is 471 g/mol. The van der Waals surface area contributed by atoms with Crippen molar-refractivity contribution in [1.82, 2.24) is 9.55 Å². The molecule has 33 heavy (non-hydrogen) atoms. The Morgan fingerprint density at radius 2 is 1.85 bits per heavy atom. The number of carbonyl (C=O) groups is 3. The number of aromatic nitrogens is 2. The Kier molecular flexibility index (Phi) is 5.97. The summed E-state index contributed by atoms with van der Waals surface area (Å²) < 4.78 is 11.8. The zero-order valence-corrected chi connectivity index (χ0v) is 18.9. The number of rotatable bonds is 6. The second-order valence-corrected chi connectivity index (χ2v) is 7.99. The van der Waals surface area contributed by atoms with E-state index in [1.165, 1.54) is 11.7 Å². The molecule has 0 saturated heterocycles. The first-order valence-corrected chi connectivity index (χ1v) is 10.4. The van der Waals surface area contributed by atoms with E-state index in [0.717, 1.165) is 6.20 Å². The molecule has 0 fully saturated rings. The van der Waals surface area contributed by atoms with Crippen LogP contribution in [-0.4, -0.2) is 39.4 Å². The topological polar surface area (TPSA) is 112 Å². The number of carboxylic acids is 1. The SMILES string of the molecule is COc1cc2c(CC(=O)c3ncc(C(=O)O)o3)c(C)n(C(=O)c3ccc(Cl)cc3)c2cc1Cl. The molecule has 0 aliphatic heterocycles. The van der Waals surface area contributed by atoms with Crippen molar-refractivity contribution in [1.29, 1.82) is 0 Å². The number of Topliss-reactive ketones (excluding diaryl/α,β-unsaturated/α-hetero) is 1. The van der Waals surface area contributed by atoms with Crippen molar-refractivity contribution >= 4 is 51.8 Å². The zero-order valence-electron chi connectivity index (χ0n) is 17.4. The second kappa shape index (κ2) is 8.73. The number of nitrogens with zero attached hydrogens (tertiary/aromatic N) is 2. The predicted molar refractivity (Wildman–Crippen MR) is 121 cm³/mol. The van der Waals surface area contributed by atoms with E-state index in [9.17, 15) is 14.4 Å². The molecule has 10 heteroatoms. The smallest absolute Gasteiger partial charge is 0.373 e. The van der Waals surface area contributed by atoms with Crippen LogP contribution in [0.15, 0.2) is 47.0 Å². The lowest BCUT2D eigenvalue weighted by Crippen LogP contribution is -2.14. The van der Waals surface area contributed by atoms with Gasteiger partial charge in [0.1, 0.15) is 5.75 Å². The molecule has 8 nitrogen and oxygen atoms in total. The lowest BCUT2D eigenvalue weighted by Gasteiger charge is -2.09. The standard InChI is InChI=1S/C23H16Cl2N2O6/c1-11-14(7-18(28)21-26-10-20(33-21)23(30)31)15-8-19(32-2)16(25)9-17(15)27(11)22(29)12-3-5-13(24)6-4-12/h3-6,8-10H,7H2,1-2H3,(H,30,31). The predicted octanol–water partition coefficient (Wildman–Crippen LogP) is 5.07. The van der Waals surface area contributed by atoms with Gasteiger partial charge >= 0.3 is 5.97 Å². The van der Waals surface area contributed by atoms with Gasteiger partial charge in [-0.1, -0.05) is 23.2 Å². The summed E-state index contributed by atoms with van der Waals surface area (Å²) in [6.07, 6.45) is 0.784. The summed E-state index contributed by atoms with van der Waals surface area (Å²) in [6.45, 7) is 1.70. The van der Waals surface area contributed by atoms with Crippen molar-refractivity contribution in [2.24, 2.45) is 0 Å². The largest absolute Gasteiger partial charge is 0.495 e. The quantitative estimate of drug-likeness (QED) is 0.378. The fraction of sp³-hybridized carbons (Fsp3) is 0.130. The van der Waals surface area contributed by atoms with E-state index in [0.29, 0.717) is 43.5 Å². The Hall–Kier alpha value is -3.62. The van der Waals surface area contributed by atoms with Crippen LogP contribution in [0.3, 0.4) is 0 Å². The Balaban J connectivity index is 1.85. The second-order valence-electron chi connectivity index (χ2n) is 7.15. The molecular formula is C23H16Cl2N2O6. The third kappa shape index (κ3) is 4.10. The lowest BCUT2D eigenvalue weighted by atomic mass is 10.0. The van der Waals surface area contributed by atoms with E-state index in [1.54, 1.807) is 43.3 Å². The molecule has 168 valence electrons. The van der Waals surface area contributed by atoms with Crippen LogP contribution in [0.1, 0.15) is 42.9 Å². The van der Waals surface area contributed by atoms with Crippen LogP contribution in [0, 0.1) is 6.92 Å². The van der Waals surface area contributed by atoms with Crippen molar-refractivity contribution in [3.8, 4) is 5.75 Å². The van der Waals surface area contributed by atoms with Gasteiger partial charge in [0, 0.05) is 28.1 Å². The fourth-order valence-corrected chi connectivity index (χ4v) is 3.94. The number of fused-ring (bicyclic) bond motifs is 1. The third-order valence-corrected chi connectivity index (χ3v) is 5.74. The first-order valence-electron chi connectivity index (χ1n) is 9.61. The average molecular weight is 487 g/mol. The van der Waals surface area contributed by atoms with Crippen molar-refractivity contribution in [2.45, 2.75) is 13.3 Å². The molecule has 0 amide bonds. The van der Waals surface area contributed by atoms with Crippen molar-refractivity contribution < 1.29 is 28.6 Å². The zero-order chi connectivity index (χ0) is 23.9. The number of ketones is 1. The molecule has 0 spiro atoms. The number of ether oxygens (including phenoxy) is 1. The van der Waals surface area contributed by atoms with E-state index >= 15 is 0 Å². The van der Waals surface area contributed by atoms with Gasteiger partial charge < -0.3 is 14.3 Å². The number of halogens is 2. The molecule has 0 saturated carbocycles. The highest BCUT2D eigenvalue weighted by atomic mass is 35.5. The van der Waals surface area contributed by atoms with Gasteiger partial charge in [-0.25, -0.2) is 9.78 Å². The minimum absolute atomic E-state index is 0.187. The average Bonchev–Trinajstić information content (AvgIpc) is 3.37. The Bertz CT molecular complexity index is 1420. The summed E-state index contributed by atoms with van der Waals surface area (Å²) in [7, 11) is 1.46. The maximum absolute atomic E-state index is 13.4. The van der Waals surface area contributed by atoms with Crippen molar-refractivity contribution in [3.05, 3.63) is 81.1 Å². The van der Waals surface area contributed by atoms with E-state index in [-0.39, 0.29) is 18.2 Å². The summed E-state index contributed by atoms with van der Waals surface area (Å²) in [5.41, 5.74) is 1.91. The van der Waals surface area contributed by atoms with Gasteiger partial charge in [-0.3, -0.25) is 14.2 Å². The van der Waals surface area contributed by atoms with E-state index in [4.69, 9.17) is 37.5 Å². The lowest BCUT2D eigenvalue weighted by molar-refractivity contribution is 0.0659. The Morgan fingerprint density at radius 3 is 2.45 bits per heavy atom. The van der Waals surface area contributed by atoms with Crippen LogP contribution < -0.4 is 4.74 Å². The number of methoxy groups -OCH3 is 1. The monoisotopic (exact) mass is 486 g/mol. The Labute approximate surface area is 197 Å². The highest BCUT2D eigenvalue weighted by Gasteiger charge is 2.25. The van der Waals surface area contributed by atoms with Gasteiger partial charge in [0.05, 0.1) is 23.8 Å². The normalized spacial score (nSPS) is 11.0.